The van der Waals surface area contributed by atoms with Crippen molar-refractivity contribution in [2.24, 2.45) is 5.73 Å². The molecule has 1 unspecified atom stereocenters. The summed E-state index contributed by atoms with van der Waals surface area (Å²) in [5.41, 5.74) is 8.37. The van der Waals surface area contributed by atoms with Gasteiger partial charge in [0.05, 0.1) is 18.6 Å². The van der Waals surface area contributed by atoms with E-state index in [1.165, 1.54) is 5.56 Å². The van der Waals surface area contributed by atoms with E-state index in [2.05, 4.69) is 36.1 Å². The van der Waals surface area contributed by atoms with Crippen LogP contribution in [0.15, 0.2) is 53.3 Å². The molecule has 3 nitrogen and oxygen atoms in total. The molecule has 2 aromatic rings. The third-order valence-electron chi connectivity index (χ3n) is 3.23. The summed E-state index contributed by atoms with van der Waals surface area (Å²) < 4.78 is 5.16. The van der Waals surface area contributed by atoms with Crippen LogP contribution in [-0.4, -0.2) is 18.0 Å². The van der Waals surface area contributed by atoms with Gasteiger partial charge in [-0.2, -0.15) is 0 Å². The molecule has 0 aliphatic heterocycles. The van der Waals surface area contributed by atoms with Crippen LogP contribution in [0.3, 0.4) is 0 Å². The van der Waals surface area contributed by atoms with Gasteiger partial charge in [0.2, 0.25) is 0 Å². The molecule has 1 aromatic heterocycles. The Balaban J connectivity index is 2.12. The van der Waals surface area contributed by atoms with Crippen LogP contribution in [0.4, 0.5) is 0 Å². The van der Waals surface area contributed by atoms with Crippen LogP contribution in [0, 0.1) is 0 Å². The van der Waals surface area contributed by atoms with E-state index in [1.54, 1.807) is 12.5 Å². The molecule has 1 heterocycles. The summed E-state index contributed by atoms with van der Waals surface area (Å²) in [6, 6.07) is 12.7. The summed E-state index contributed by atoms with van der Waals surface area (Å²) in [6.45, 7) is 4.62. The van der Waals surface area contributed by atoms with E-state index < -0.39 is 0 Å². The van der Waals surface area contributed by atoms with E-state index >= 15 is 0 Å². The molecule has 0 spiro atoms. The Morgan fingerprint density at radius 3 is 2.56 bits per heavy atom. The van der Waals surface area contributed by atoms with Crippen molar-refractivity contribution in [3.8, 4) is 0 Å². The van der Waals surface area contributed by atoms with Crippen molar-refractivity contribution >= 4 is 0 Å². The summed E-state index contributed by atoms with van der Waals surface area (Å²) in [4.78, 5) is 2.36. The minimum absolute atomic E-state index is 0.217. The van der Waals surface area contributed by atoms with Gasteiger partial charge in [0.1, 0.15) is 0 Å². The Morgan fingerprint density at radius 1 is 1.22 bits per heavy atom. The van der Waals surface area contributed by atoms with Gasteiger partial charge in [-0.05, 0) is 18.2 Å². The number of nitrogens with two attached hydrogens (primary N) is 1. The van der Waals surface area contributed by atoms with Gasteiger partial charge in [0.25, 0.3) is 0 Å². The van der Waals surface area contributed by atoms with Crippen LogP contribution >= 0.6 is 0 Å². The number of likely N-dealkylation sites (N-methyl/N-ethyl adjacent to an activating group) is 1. The summed E-state index contributed by atoms with van der Waals surface area (Å²) in [7, 11) is 0. The summed E-state index contributed by atoms with van der Waals surface area (Å²) in [5.74, 6) is 0. The van der Waals surface area contributed by atoms with Crippen LogP contribution in [0.2, 0.25) is 0 Å². The van der Waals surface area contributed by atoms with E-state index in [-0.39, 0.29) is 6.04 Å². The highest BCUT2D eigenvalue weighted by Crippen LogP contribution is 2.21. The first-order valence-electron chi connectivity index (χ1n) is 6.35. The Kier molecular flexibility index (Phi) is 4.56. The predicted molar refractivity (Wildman–Crippen MR) is 73.0 cm³/mol. The molecule has 0 fully saturated rings. The van der Waals surface area contributed by atoms with E-state index in [0.717, 1.165) is 18.7 Å². The van der Waals surface area contributed by atoms with Gasteiger partial charge in [0, 0.05) is 18.7 Å². The van der Waals surface area contributed by atoms with Crippen LogP contribution < -0.4 is 5.73 Å². The zero-order valence-electron chi connectivity index (χ0n) is 10.8. The summed E-state index contributed by atoms with van der Waals surface area (Å²) >= 11 is 0. The topological polar surface area (TPSA) is 42.4 Å². The normalized spacial score (nSPS) is 12.8. The van der Waals surface area contributed by atoms with Crippen molar-refractivity contribution in [3.63, 3.8) is 0 Å². The number of benzene rings is 1. The van der Waals surface area contributed by atoms with Gasteiger partial charge in [-0.3, -0.25) is 4.90 Å². The fourth-order valence-corrected chi connectivity index (χ4v) is 2.22. The maximum atomic E-state index is 5.91. The molecule has 3 heteroatoms. The molecule has 0 amide bonds. The lowest BCUT2D eigenvalue weighted by Gasteiger charge is -2.29. The molecule has 96 valence electrons. The monoisotopic (exact) mass is 244 g/mol. The van der Waals surface area contributed by atoms with Crippen LogP contribution in [0.5, 0.6) is 0 Å². The molecule has 0 bridgehead atoms. The second-order valence-electron chi connectivity index (χ2n) is 4.36. The average molecular weight is 244 g/mol. The first-order chi connectivity index (χ1) is 8.85. The third kappa shape index (κ3) is 3.00. The Morgan fingerprint density at radius 2 is 2.00 bits per heavy atom. The SMILES string of the molecule is CCN(Cc1ccccc1)C(CN)c1ccoc1. The number of hydrogen-bond acceptors (Lipinski definition) is 3. The van der Waals surface area contributed by atoms with Crippen molar-refractivity contribution in [1.29, 1.82) is 0 Å². The molecule has 2 rings (SSSR count). The maximum absolute atomic E-state index is 5.91. The molecule has 0 aliphatic carbocycles. The lowest BCUT2D eigenvalue weighted by molar-refractivity contribution is 0.202. The Labute approximate surface area is 108 Å². The van der Waals surface area contributed by atoms with Gasteiger partial charge >= 0.3 is 0 Å². The fourth-order valence-electron chi connectivity index (χ4n) is 2.22. The molecule has 0 saturated heterocycles. The van der Waals surface area contributed by atoms with Gasteiger partial charge < -0.3 is 10.2 Å². The lowest BCUT2D eigenvalue weighted by atomic mass is 10.1. The number of nitrogens with zero attached hydrogens (tertiary/aromatic N) is 1. The number of furan rings is 1. The Bertz CT molecular complexity index is 439. The Hall–Kier alpha value is -1.58. The molecule has 2 N–H and O–H groups in total. The van der Waals surface area contributed by atoms with Crippen LogP contribution in [-0.2, 0) is 6.54 Å². The minimum atomic E-state index is 0.217. The average Bonchev–Trinajstić information content (AvgIpc) is 2.93. The first kappa shape index (κ1) is 12.9. The number of rotatable bonds is 6. The molecular weight excluding hydrogens is 224 g/mol. The quantitative estimate of drug-likeness (QED) is 0.849. The number of hydrogen-bond donors (Lipinski definition) is 1. The first-order valence-corrected chi connectivity index (χ1v) is 6.35. The largest absolute Gasteiger partial charge is 0.472 e. The van der Waals surface area contributed by atoms with E-state index in [4.69, 9.17) is 10.2 Å². The van der Waals surface area contributed by atoms with Crippen molar-refractivity contribution in [2.75, 3.05) is 13.1 Å². The zero-order valence-corrected chi connectivity index (χ0v) is 10.8. The molecule has 0 aliphatic rings. The molecular formula is C15H20N2O. The molecule has 18 heavy (non-hydrogen) atoms. The van der Waals surface area contributed by atoms with E-state index in [9.17, 15) is 0 Å². The van der Waals surface area contributed by atoms with Crippen LogP contribution in [0.1, 0.15) is 24.1 Å². The van der Waals surface area contributed by atoms with Crippen molar-refractivity contribution in [2.45, 2.75) is 19.5 Å². The predicted octanol–water partition coefficient (Wildman–Crippen LogP) is 2.80. The van der Waals surface area contributed by atoms with Crippen molar-refractivity contribution in [1.82, 2.24) is 4.90 Å². The smallest absolute Gasteiger partial charge is 0.0950 e. The lowest BCUT2D eigenvalue weighted by Crippen LogP contribution is -2.33. The van der Waals surface area contributed by atoms with Gasteiger partial charge in [-0.1, -0.05) is 37.3 Å². The van der Waals surface area contributed by atoms with Crippen molar-refractivity contribution < 1.29 is 4.42 Å². The molecule has 1 atom stereocenters. The standard InChI is InChI=1S/C15H20N2O/c1-2-17(11-13-6-4-3-5-7-13)15(10-16)14-8-9-18-12-14/h3-9,12,15H,2,10-11,16H2,1H3. The highest BCUT2D eigenvalue weighted by atomic mass is 16.3. The highest BCUT2D eigenvalue weighted by Gasteiger charge is 2.18. The minimum Gasteiger partial charge on any atom is -0.472 e. The van der Waals surface area contributed by atoms with Crippen LogP contribution in [0.25, 0.3) is 0 Å². The van der Waals surface area contributed by atoms with Gasteiger partial charge in [0.15, 0.2) is 0 Å². The maximum Gasteiger partial charge on any atom is 0.0950 e. The van der Waals surface area contributed by atoms with E-state index in [0.29, 0.717) is 6.54 Å². The molecule has 1 aromatic carbocycles. The summed E-state index contributed by atoms with van der Waals surface area (Å²) in [5, 5.41) is 0. The highest BCUT2D eigenvalue weighted by molar-refractivity contribution is 5.17. The fraction of sp³-hybridized carbons (Fsp3) is 0.333. The second kappa shape index (κ2) is 6.38. The second-order valence-corrected chi connectivity index (χ2v) is 4.36. The van der Waals surface area contributed by atoms with Gasteiger partial charge in [-0.15, -0.1) is 0 Å². The zero-order chi connectivity index (χ0) is 12.8. The van der Waals surface area contributed by atoms with E-state index in [1.807, 2.05) is 12.1 Å². The molecule has 0 radical (unpaired) electrons. The van der Waals surface area contributed by atoms with Gasteiger partial charge in [-0.25, -0.2) is 0 Å². The van der Waals surface area contributed by atoms with Crippen molar-refractivity contribution in [3.05, 3.63) is 60.1 Å². The third-order valence-corrected chi connectivity index (χ3v) is 3.23. The summed E-state index contributed by atoms with van der Waals surface area (Å²) in [6.07, 6.45) is 3.49. The molecule has 0 saturated carbocycles.